The molecule has 2 saturated heterocycles. The van der Waals surface area contributed by atoms with Gasteiger partial charge in [0.25, 0.3) is 0 Å². The van der Waals surface area contributed by atoms with Gasteiger partial charge < -0.3 is 38.8 Å². The number of methoxy groups -OCH3 is 3. The Hall–Kier alpha value is -2.67. The van der Waals surface area contributed by atoms with Crippen molar-refractivity contribution in [3.05, 3.63) is 46.5 Å². The van der Waals surface area contributed by atoms with Crippen LogP contribution in [0.3, 0.4) is 0 Å². The number of epoxide rings is 1. The molecule has 0 spiro atoms. The molecule has 226 valence electrons. The van der Waals surface area contributed by atoms with Gasteiger partial charge in [0, 0.05) is 33.6 Å². The van der Waals surface area contributed by atoms with Crippen LogP contribution in [0.2, 0.25) is 5.02 Å². The summed E-state index contributed by atoms with van der Waals surface area (Å²) in [7, 11) is 6.05. The molecule has 4 rings (SSSR count). The van der Waals surface area contributed by atoms with Crippen molar-refractivity contribution >= 4 is 29.3 Å². The minimum atomic E-state index is -1.77. The van der Waals surface area contributed by atoms with E-state index in [-0.39, 0.29) is 17.9 Å². The number of carbonyl (C=O) groups is 2. The second-order valence-corrected chi connectivity index (χ2v) is 11.5. The molecule has 11 nitrogen and oxygen atoms in total. The maximum Gasteiger partial charge on any atom is 0.409 e. The number of nitrogens with zero attached hydrogens (tertiary/aromatic N) is 1. The van der Waals surface area contributed by atoms with Crippen molar-refractivity contribution in [2.45, 2.75) is 75.5 Å². The number of alkyl carbamates (subject to hydrolysis) is 1. The van der Waals surface area contributed by atoms with Gasteiger partial charge in [-0.25, -0.2) is 4.79 Å². The SMILES string of the molecule is COc1cc2cc(c1Cl)N(C)C(=O)CC(O)C1(C)OC1C(C)C1CC(O)(NC(=O)O1)C(OC)C=CC=C(C)C2OC. The highest BCUT2D eigenvalue weighted by molar-refractivity contribution is 6.35. The summed E-state index contributed by atoms with van der Waals surface area (Å²) in [6.07, 6.45) is 0.196. The van der Waals surface area contributed by atoms with Gasteiger partial charge in [-0.15, -0.1) is 0 Å². The minimum Gasteiger partial charge on any atom is -0.495 e. The average molecular weight is 595 g/mol. The molecule has 0 aromatic heterocycles. The van der Waals surface area contributed by atoms with Crippen LogP contribution in [0.25, 0.3) is 0 Å². The first kappa shape index (κ1) is 31.3. The Morgan fingerprint density at radius 3 is 2.54 bits per heavy atom. The monoisotopic (exact) mass is 594 g/mol. The number of aliphatic hydroxyl groups excluding tert-OH is 1. The summed E-state index contributed by atoms with van der Waals surface area (Å²) in [6, 6.07) is 3.48. The zero-order valence-electron chi connectivity index (χ0n) is 24.3. The number of allylic oxidation sites excluding steroid dienone is 2. The third-order valence-electron chi connectivity index (χ3n) is 8.39. The zero-order valence-corrected chi connectivity index (χ0v) is 25.1. The van der Waals surface area contributed by atoms with E-state index in [4.69, 9.17) is 35.3 Å². The van der Waals surface area contributed by atoms with E-state index in [1.165, 1.54) is 19.1 Å². The first-order valence-electron chi connectivity index (χ1n) is 13.4. The van der Waals surface area contributed by atoms with Crippen LogP contribution in [0, 0.1) is 5.92 Å². The quantitative estimate of drug-likeness (QED) is 0.450. The van der Waals surface area contributed by atoms with Crippen molar-refractivity contribution in [2.24, 2.45) is 5.92 Å². The number of carbonyl (C=O) groups excluding carboxylic acids is 2. The van der Waals surface area contributed by atoms with E-state index < -0.39 is 59.8 Å². The molecule has 0 saturated carbocycles. The topological polar surface area (TPSA) is 139 Å². The highest BCUT2D eigenvalue weighted by atomic mass is 35.5. The summed E-state index contributed by atoms with van der Waals surface area (Å²) in [5.74, 6) is -0.454. The predicted molar refractivity (Wildman–Crippen MR) is 151 cm³/mol. The van der Waals surface area contributed by atoms with Crippen molar-refractivity contribution in [1.82, 2.24) is 5.32 Å². The Morgan fingerprint density at radius 2 is 1.90 bits per heavy atom. The largest absolute Gasteiger partial charge is 0.495 e. The molecule has 3 aliphatic heterocycles. The summed E-state index contributed by atoms with van der Waals surface area (Å²) in [5.41, 5.74) is -0.985. The number of ether oxygens (including phenoxy) is 5. The van der Waals surface area contributed by atoms with E-state index in [0.717, 1.165) is 5.57 Å². The molecule has 2 fully saturated rings. The maximum absolute atomic E-state index is 13.4. The van der Waals surface area contributed by atoms with Gasteiger partial charge >= 0.3 is 6.09 Å². The Bertz CT molecular complexity index is 1240. The van der Waals surface area contributed by atoms with E-state index in [1.807, 2.05) is 13.8 Å². The van der Waals surface area contributed by atoms with Crippen LogP contribution in [0.1, 0.15) is 45.3 Å². The molecule has 12 heteroatoms. The number of hydrogen-bond acceptors (Lipinski definition) is 9. The van der Waals surface area contributed by atoms with Crippen LogP contribution in [0.5, 0.6) is 5.75 Å². The summed E-state index contributed by atoms with van der Waals surface area (Å²) in [6.45, 7) is 5.39. The standard InChI is InChI=1S/C29H39ClN2O9/c1-15-9-8-10-22(38-6)29(36)14-20(40-27(35)31-29)16(2)26-28(3,41-26)21(33)13-23(34)32(4)18-11-17(25(15)39-7)12-19(37-5)24(18)30/h8-12,16,20-22,25-26,33,36H,13-14H2,1-7H3,(H,31,35). The van der Waals surface area contributed by atoms with Crippen LogP contribution in [-0.2, 0) is 23.7 Å². The second kappa shape index (κ2) is 11.9. The fourth-order valence-electron chi connectivity index (χ4n) is 5.76. The molecule has 0 aliphatic carbocycles. The first-order chi connectivity index (χ1) is 19.3. The summed E-state index contributed by atoms with van der Waals surface area (Å²) < 4.78 is 28.3. The number of anilines is 1. The average Bonchev–Trinajstić information content (AvgIpc) is 3.62. The third kappa shape index (κ3) is 5.97. The van der Waals surface area contributed by atoms with Gasteiger partial charge in [-0.05, 0) is 37.1 Å². The predicted octanol–water partition coefficient (Wildman–Crippen LogP) is 3.26. The molecule has 0 radical (unpaired) electrons. The molecule has 1 aromatic rings. The van der Waals surface area contributed by atoms with Crippen LogP contribution in [0.4, 0.5) is 10.5 Å². The molecule has 3 aliphatic rings. The highest BCUT2D eigenvalue weighted by Gasteiger charge is 2.62. The van der Waals surface area contributed by atoms with E-state index >= 15 is 0 Å². The normalized spacial score (nSPS) is 36.1. The zero-order chi connectivity index (χ0) is 30.3. The second-order valence-electron chi connectivity index (χ2n) is 11.1. The summed E-state index contributed by atoms with van der Waals surface area (Å²) >= 11 is 6.63. The smallest absolute Gasteiger partial charge is 0.409 e. The van der Waals surface area contributed by atoms with Gasteiger partial charge in [0.2, 0.25) is 5.91 Å². The van der Waals surface area contributed by atoms with Gasteiger partial charge in [0.05, 0.1) is 31.4 Å². The molecule has 1 aromatic carbocycles. The Labute approximate surface area is 245 Å². The van der Waals surface area contributed by atoms with Crippen molar-refractivity contribution in [3.63, 3.8) is 0 Å². The number of benzene rings is 1. The molecule has 8 atom stereocenters. The highest BCUT2D eigenvalue weighted by Crippen LogP contribution is 2.48. The van der Waals surface area contributed by atoms with Crippen molar-refractivity contribution < 1.29 is 43.5 Å². The van der Waals surface area contributed by atoms with Gasteiger partial charge in [0.15, 0.2) is 5.72 Å². The van der Waals surface area contributed by atoms with Crippen molar-refractivity contribution in [1.29, 1.82) is 0 Å². The minimum absolute atomic E-state index is 0.00395. The Balaban J connectivity index is 1.80. The number of hydrogen-bond donors (Lipinski definition) is 3. The van der Waals surface area contributed by atoms with E-state index in [9.17, 15) is 19.8 Å². The summed E-state index contributed by atoms with van der Waals surface area (Å²) in [4.78, 5) is 27.3. The molecule has 41 heavy (non-hydrogen) atoms. The molecular formula is C29H39ClN2O9. The van der Waals surface area contributed by atoms with Crippen LogP contribution < -0.4 is 15.0 Å². The number of halogens is 1. The fourth-order valence-corrected chi connectivity index (χ4v) is 6.07. The lowest BCUT2D eigenvalue weighted by Gasteiger charge is -2.42. The maximum atomic E-state index is 13.4. The summed E-state index contributed by atoms with van der Waals surface area (Å²) in [5, 5.41) is 25.4. The number of nitrogens with one attached hydrogen (secondary N) is 1. The van der Waals surface area contributed by atoms with Crippen molar-refractivity contribution in [3.8, 4) is 5.75 Å². The van der Waals surface area contributed by atoms with E-state index in [1.54, 1.807) is 51.4 Å². The van der Waals surface area contributed by atoms with Crippen LogP contribution in [-0.4, -0.2) is 86.3 Å². The number of aliphatic hydroxyl groups is 2. The molecular weight excluding hydrogens is 556 g/mol. The van der Waals surface area contributed by atoms with Gasteiger partial charge in [0.1, 0.15) is 34.7 Å². The molecule has 2 amide bonds. The lowest BCUT2D eigenvalue weighted by molar-refractivity contribution is -0.142. The Kier molecular flexibility index (Phi) is 9.08. The van der Waals surface area contributed by atoms with Gasteiger partial charge in [-0.2, -0.15) is 0 Å². The number of fused-ring (bicyclic) bond motifs is 5. The third-order valence-corrected chi connectivity index (χ3v) is 8.77. The molecule has 8 unspecified atom stereocenters. The van der Waals surface area contributed by atoms with Crippen LogP contribution >= 0.6 is 11.6 Å². The van der Waals surface area contributed by atoms with E-state index in [0.29, 0.717) is 17.0 Å². The molecule has 3 N–H and O–H groups in total. The van der Waals surface area contributed by atoms with E-state index in [2.05, 4.69) is 5.32 Å². The lowest BCUT2D eigenvalue weighted by Crippen LogP contribution is -2.63. The van der Waals surface area contributed by atoms with Gasteiger partial charge in [-0.1, -0.05) is 36.8 Å². The number of amides is 2. The molecule has 3 heterocycles. The first-order valence-corrected chi connectivity index (χ1v) is 13.8. The van der Waals surface area contributed by atoms with Crippen molar-refractivity contribution in [2.75, 3.05) is 33.3 Å². The fraction of sp³-hybridized carbons (Fsp3) is 0.586. The lowest BCUT2D eigenvalue weighted by atomic mass is 9.84. The van der Waals surface area contributed by atoms with Crippen LogP contribution in [0.15, 0.2) is 35.9 Å². The Morgan fingerprint density at radius 1 is 1.20 bits per heavy atom. The number of rotatable bonds is 3. The molecule has 4 bridgehead atoms. The van der Waals surface area contributed by atoms with Gasteiger partial charge in [-0.3, -0.25) is 10.1 Å².